The van der Waals surface area contributed by atoms with Crippen molar-refractivity contribution >= 4 is 5.91 Å². The maximum absolute atomic E-state index is 11.2. The van der Waals surface area contributed by atoms with E-state index >= 15 is 0 Å². The Bertz CT molecular complexity index is 324. The zero-order valence-electron chi connectivity index (χ0n) is 10.00. The number of aromatic nitrogens is 2. The highest BCUT2D eigenvalue weighted by Gasteiger charge is 2.32. The summed E-state index contributed by atoms with van der Waals surface area (Å²) in [5.41, 5.74) is 0. The summed E-state index contributed by atoms with van der Waals surface area (Å²) in [6, 6.07) is 0. The first-order valence-corrected chi connectivity index (χ1v) is 5.58. The highest BCUT2D eigenvalue weighted by molar-refractivity contribution is 5.78. The summed E-state index contributed by atoms with van der Waals surface area (Å²) in [4.78, 5) is 16.7. The van der Waals surface area contributed by atoms with Crippen molar-refractivity contribution in [3.63, 3.8) is 0 Å². The molecule has 1 aromatic rings. The van der Waals surface area contributed by atoms with Crippen LogP contribution < -0.4 is 0 Å². The van der Waals surface area contributed by atoms with Crippen LogP contribution in [0.5, 0.6) is 0 Å². The average Bonchev–Trinajstić information content (AvgIpc) is 2.92. The van der Waals surface area contributed by atoms with Crippen molar-refractivity contribution in [3.05, 3.63) is 18.7 Å². The SMILES string of the molecule is CC.CN1CC(C(O)n2ccnc2)CC1=O. The van der Waals surface area contributed by atoms with Gasteiger partial charge in [-0.25, -0.2) is 4.98 Å². The number of hydrogen-bond donors (Lipinski definition) is 1. The summed E-state index contributed by atoms with van der Waals surface area (Å²) in [5, 5.41) is 9.89. The third-order valence-corrected chi connectivity index (χ3v) is 2.62. The summed E-state index contributed by atoms with van der Waals surface area (Å²) >= 11 is 0. The van der Waals surface area contributed by atoms with E-state index in [9.17, 15) is 9.90 Å². The van der Waals surface area contributed by atoms with Gasteiger partial charge in [0, 0.05) is 38.3 Å². The molecule has 90 valence electrons. The molecule has 0 radical (unpaired) electrons. The van der Waals surface area contributed by atoms with E-state index in [1.165, 1.54) is 0 Å². The van der Waals surface area contributed by atoms with Gasteiger partial charge in [-0.15, -0.1) is 0 Å². The van der Waals surface area contributed by atoms with Gasteiger partial charge in [-0.1, -0.05) is 13.8 Å². The molecule has 2 unspecified atom stereocenters. The van der Waals surface area contributed by atoms with Gasteiger partial charge in [-0.3, -0.25) is 4.79 Å². The second kappa shape index (κ2) is 5.65. The van der Waals surface area contributed by atoms with Crippen LogP contribution in [-0.4, -0.2) is 39.1 Å². The van der Waals surface area contributed by atoms with Crippen molar-refractivity contribution < 1.29 is 9.90 Å². The molecular formula is C11H19N3O2. The number of carbonyl (C=O) groups excluding carboxylic acids is 1. The van der Waals surface area contributed by atoms with E-state index in [4.69, 9.17) is 0 Å². The van der Waals surface area contributed by atoms with E-state index in [-0.39, 0.29) is 11.8 Å². The number of likely N-dealkylation sites (tertiary alicyclic amines) is 1. The fourth-order valence-electron chi connectivity index (χ4n) is 1.77. The fourth-order valence-corrected chi connectivity index (χ4v) is 1.77. The summed E-state index contributed by atoms with van der Waals surface area (Å²) in [6.45, 7) is 4.61. The van der Waals surface area contributed by atoms with Crippen LogP contribution in [0.15, 0.2) is 18.7 Å². The zero-order valence-corrected chi connectivity index (χ0v) is 10.00. The van der Waals surface area contributed by atoms with Crippen LogP contribution in [0.3, 0.4) is 0 Å². The zero-order chi connectivity index (χ0) is 12.1. The number of aliphatic hydroxyl groups excluding tert-OH is 1. The lowest BCUT2D eigenvalue weighted by molar-refractivity contribution is -0.126. The van der Waals surface area contributed by atoms with Gasteiger partial charge in [0.25, 0.3) is 0 Å². The van der Waals surface area contributed by atoms with Gasteiger partial charge < -0.3 is 14.6 Å². The van der Waals surface area contributed by atoms with Crippen LogP contribution in [0.25, 0.3) is 0 Å². The maximum atomic E-state index is 11.2. The van der Waals surface area contributed by atoms with Gasteiger partial charge in [0.05, 0.1) is 6.33 Å². The van der Waals surface area contributed by atoms with Crippen LogP contribution in [-0.2, 0) is 4.79 Å². The molecule has 2 heterocycles. The number of nitrogens with zero attached hydrogens (tertiary/aromatic N) is 3. The number of carbonyl (C=O) groups is 1. The topological polar surface area (TPSA) is 58.4 Å². The quantitative estimate of drug-likeness (QED) is 0.812. The predicted octanol–water partition coefficient (Wildman–Crippen LogP) is 0.878. The molecule has 0 aliphatic carbocycles. The minimum absolute atomic E-state index is 0.0262. The van der Waals surface area contributed by atoms with Crippen molar-refractivity contribution in [2.45, 2.75) is 26.5 Å². The number of rotatable bonds is 2. The summed E-state index contributed by atoms with van der Waals surface area (Å²) < 4.78 is 1.62. The lowest BCUT2D eigenvalue weighted by Crippen LogP contribution is -2.22. The average molecular weight is 225 g/mol. The van der Waals surface area contributed by atoms with Crippen molar-refractivity contribution in [3.8, 4) is 0 Å². The van der Waals surface area contributed by atoms with Gasteiger partial charge in [-0.2, -0.15) is 0 Å². The third kappa shape index (κ3) is 2.61. The van der Waals surface area contributed by atoms with Crippen LogP contribution in [0.2, 0.25) is 0 Å². The molecule has 1 saturated heterocycles. The molecule has 0 spiro atoms. The standard InChI is InChI=1S/C9H13N3O2.C2H6/c1-11-5-7(4-8(11)13)9(14)12-3-2-10-6-12;1-2/h2-3,6-7,9,14H,4-5H2,1H3;1-2H3. The molecule has 16 heavy (non-hydrogen) atoms. The molecule has 1 fully saturated rings. The molecule has 2 rings (SSSR count). The Morgan fingerprint density at radius 3 is 2.69 bits per heavy atom. The lowest BCUT2D eigenvalue weighted by Gasteiger charge is -2.18. The number of aliphatic hydroxyl groups is 1. The molecule has 5 heteroatoms. The van der Waals surface area contributed by atoms with Crippen molar-refractivity contribution in [1.82, 2.24) is 14.5 Å². The third-order valence-electron chi connectivity index (χ3n) is 2.62. The Labute approximate surface area is 95.7 Å². The first kappa shape index (κ1) is 12.7. The van der Waals surface area contributed by atoms with E-state index in [1.807, 2.05) is 13.8 Å². The molecule has 1 amide bonds. The molecule has 0 aromatic carbocycles. The Kier molecular flexibility index (Phi) is 4.49. The van der Waals surface area contributed by atoms with Gasteiger partial charge >= 0.3 is 0 Å². The molecule has 1 N–H and O–H groups in total. The normalized spacial score (nSPS) is 21.6. The Balaban J connectivity index is 0.000000606. The molecule has 1 aromatic heterocycles. The van der Waals surface area contributed by atoms with E-state index in [1.54, 1.807) is 35.2 Å². The van der Waals surface area contributed by atoms with E-state index < -0.39 is 6.23 Å². The minimum atomic E-state index is -0.647. The van der Waals surface area contributed by atoms with Gasteiger partial charge in [0.2, 0.25) is 5.91 Å². The fraction of sp³-hybridized carbons (Fsp3) is 0.636. The Hall–Kier alpha value is -1.36. The first-order chi connectivity index (χ1) is 7.68. The smallest absolute Gasteiger partial charge is 0.222 e. The molecular weight excluding hydrogens is 206 g/mol. The monoisotopic (exact) mass is 225 g/mol. The van der Waals surface area contributed by atoms with Crippen LogP contribution in [0, 0.1) is 5.92 Å². The molecule has 1 aliphatic heterocycles. The van der Waals surface area contributed by atoms with Crippen molar-refractivity contribution in [2.24, 2.45) is 5.92 Å². The van der Waals surface area contributed by atoms with Gasteiger partial charge in [0.15, 0.2) is 0 Å². The first-order valence-electron chi connectivity index (χ1n) is 5.58. The largest absolute Gasteiger partial charge is 0.373 e. The van der Waals surface area contributed by atoms with Gasteiger partial charge in [0.1, 0.15) is 6.23 Å². The number of imidazole rings is 1. The highest BCUT2D eigenvalue weighted by atomic mass is 16.3. The number of hydrogen-bond acceptors (Lipinski definition) is 3. The van der Waals surface area contributed by atoms with E-state index in [2.05, 4.69) is 4.98 Å². The second-order valence-corrected chi connectivity index (χ2v) is 3.66. The van der Waals surface area contributed by atoms with Crippen LogP contribution >= 0.6 is 0 Å². The number of amides is 1. The van der Waals surface area contributed by atoms with Crippen molar-refractivity contribution in [2.75, 3.05) is 13.6 Å². The summed E-state index contributed by atoms with van der Waals surface area (Å²) in [6.07, 6.45) is 4.65. The Morgan fingerprint density at radius 1 is 1.56 bits per heavy atom. The minimum Gasteiger partial charge on any atom is -0.373 e. The molecule has 5 nitrogen and oxygen atoms in total. The molecule has 1 aliphatic rings. The van der Waals surface area contributed by atoms with Crippen LogP contribution in [0.4, 0.5) is 0 Å². The van der Waals surface area contributed by atoms with Crippen LogP contribution in [0.1, 0.15) is 26.5 Å². The second-order valence-electron chi connectivity index (χ2n) is 3.66. The van der Waals surface area contributed by atoms with E-state index in [0.717, 1.165) is 0 Å². The van der Waals surface area contributed by atoms with Crippen molar-refractivity contribution in [1.29, 1.82) is 0 Å². The molecule has 0 saturated carbocycles. The van der Waals surface area contributed by atoms with Gasteiger partial charge in [-0.05, 0) is 0 Å². The predicted molar refractivity (Wildman–Crippen MR) is 60.6 cm³/mol. The van der Waals surface area contributed by atoms with E-state index in [0.29, 0.717) is 13.0 Å². The summed E-state index contributed by atoms with van der Waals surface area (Å²) in [7, 11) is 1.75. The molecule has 2 atom stereocenters. The maximum Gasteiger partial charge on any atom is 0.222 e. The lowest BCUT2D eigenvalue weighted by atomic mass is 10.1. The molecule has 0 bridgehead atoms. The summed E-state index contributed by atoms with van der Waals surface area (Å²) in [5.74, 6) is 0.0656. The highest BCUT2D eigenvalue weighted by Crippen LogP contribution is 2.25. The Morgan fingerprint density at radius 2 is 2.25 bits per heavy atom.